The summed E-state index contributed by atoms with van der Waals surface area (Å²) in [5.41, 5.74) is 0.0519. The number of rotatable bonds is 5. The minimum atomic E-state index is -1.44. The third kappa shape index (κ3) is 5.17. The summed E-state index contributed by atoms with van der Waals surface area (Å²) < 4.78 is 17.2. The number of allylic oxidation sites excluding steroid dienone is 2. The van der Waals surface area contributed by atoms with Crippen molar-refractivity contribution in [1.82, 2.24) is 0 Å². The van der Waals surface area contributed by atoms with E-state index in [2.05, 4.69) is 33.8 Å². The van der Waals surface area contributed by atoms with Crippen molar-refractivity contribution in [2.45, 2.75) is 149 Å². The van der Waals surface area contributed by atoms with Gasteiger partial charge in [0.15, 0.2) is 12.4 Å². The van der Waals surface area contributed by atoms with E-state index in [-0.39, 0.29) is 52.9 Å². The summed E-state index contributed by atoms with van der Waals surface area (Å²) in [6.07, 6.45) is 2.35. The molecular weight excluding hydrogens is 604 g/mol. The number of carbonyl (C=O) groups excluding carboxylic acids is 1. The van der Waals surface area contributed by atoms with E-state index in [1.165, 1.54) is 12.5 Å². The lowest BCUT2D eigenvalue weighted by Gasteiger charge is -2.71. The summed E-state index contributed by atoms with van der Waals surface area (Å²) in [6, 6.07) is 0. The van der Waals surface area contributed by atoms with Crippen molar-refractivity contribution >= 4 is 11.9 Å². The molecule has 47 heavy (non-hydrogen) atoms. The molecule has 6 rings (SSSR count). The maximum absolute atomic E-state index is 12.4. The van der Waals surface area contributed by atoms with Crippen molar-refractivity contribution in [3.05, 3.63) is 11.6 Å². The molecule has 4 saturated carbocycles. The molecule has 266 valence electrons. The first kappa shape index (κ1) is 35.3. The van der Waals surface area contributed by atoms with Gasteiger partial charge in [0, 0.05) is 24.7 Å². The fourth-order valence-corrected chi connectivity index (χ4v) is 11.9. The van der Waals surface area contributed by atoms with Crippen molar-refractivity contribution in [2.75, 3.05) is 6.61 Å². The fourth-order valence-electron chi connectivity index (χ4n) is 11.9. The van der Waals surface area contributed by atoms with E-state index in [9.17, 15) is 35.1 Å². The lowest BCUT2D eigenvalue weighted by molar-refractivity contribution is -0.305. The molecule has 16 atom stereocenters. The molecule has 0 bridgehead atoms. The van der Waals surface area contributed by atoms with Crippen LogP contribution in [0.3, 0.4) is 0 Å². The first-order chi connectivity index (χ1) is 21.8. The molecule has 1 heterocycles. The van der Waals surface area contributed by atoms with Gasteiger partial charge in [0.2, 0.25) is 0 Å². The van der Waals surface area contributed by atoms with Crippen molar-refractivity contribution < 1.29 is 49.3 Å². The van der Waals surface area contributed by atoms with Crippen LogP contribution in [0.2, 0.25) is 0 Å². The highest BCUT2D eigenvalue weighted by Crippen LogP contribution is 2.74. The van der Waals surface area contributed by atoms with E-state index in [0.29, 0.717) is 12.8 Å². The summed E-state index contributed by atoms with van der Waals surface area (Å²) in [5.74, 6) is -1.27. The Kier molecular flexibility index (Phi) is 8.83. The van der Waals surface area contributed by atoms with Crippen LogP contribution in [0, 0.1) is 50.7 Å². The average Bonchev–Trinajstić information content (AvgIpc) is 2.99. The smallest absolute Gasteiger partial charge is 0.309 e. The molecule has 5 N–H and O–H groups in total. The molecule has 1 aliphatic heterocycles. The van der Waals surface area contributed by atoms with E-state index >= 15 is 0 Å². The molecule has 1 saturated heterocycles. The molecule has 10 nitrogen and oxygen atoms in total. The Morgan fingerprint density at radius 2 is 1.66 bits per heavy atom. The molecule has 0 aromatic carbocycles. The van der Waals surface area contributed by atoms with E-state index in [1.807, 2.05) is 6.92 Å². The van der Waals surface area contributed by atoms with Gasteiger partial charge in [-0.3, -0.25) is 9.59 Å². The molecule has 6 aliphatic rings. The molecule has 5 aliphatic carbocycles. The highest BCUT2D eigenvalue weighted by molar-refractivity contribution is 5.74. The Bertz CT molecular complexity index is 1290. The highest BCUT2D eigenvalue weighted by atomic mass is 16.7. The van der Waals surface area contributed by atoms with E-state index in [1.54, 1.807) is 6.92 Å². The van der Waals surface area contributed by atoms with Gasteiger partial charge in [-0.05, 0) is 99.2 Å². The summed E-state index contributed by atoms with van der Waals surface area (Å²) in [6.45, 7) is 14.3. The van der Waals surface area contributed by atoms with Crippen molar-refractivity contribution in [3.8, 4) is 0 Å². The monoisotopic (exact) mass is 662 g/mol. The molecule has 0 amide bonds. The van der Waals surface area contributed by atoms with Crippen LogP contribution in [-0.2, 0) is 23.8 Å². The predicted octanol–water partition coefficient (Wildman–Crippen LogP) is 4.21. The molecule has 0 radical (unpaired) electrons. The van der Waals surface area contributed by atoms with Gasteiger partial charge in [-0.25, -0.2) is 0 Å². The molecule has 0 aromatic heterocycles. The standard InChI is InChI=1S/C37H58O10/c1-19-30(47-20(2)38)28(41)29(42)31(46-19)45-18-21-22-10-11-36(6)26(37(22,7)27(40)16-25(21)39)9-8-23-24-17-34(4,32(43)44)13-12-33(24,3)14-15-35(23,36)5/h8,19,21-22,24-31,39-42H,9-18H2,1-7H3,(H,43,44)/t19-,21-,22-,24-,25-,26-,27-,28-,29+,30-,31+,33+,34+,35+,36+,37-/m0/s1. The van der Waals surface area contributed by atoms with Gasteiger partial charge in [-0.15, -0.1) is 0 Å². The Morgan fingerprint density at radius 3 is 2.32 bits per heavy atom. The Balaban J connectivity index is 1.26. The topological polar surface area (TPSA) is 163 Å². The number of aliphatic carboxylic acids is 1. The zero-order chi connectivity index (χ0) is 34.5. The van der Waals surface area contributed by atoms with Crippen molar-refractivity contribution in [2.24, 2.45) is 50.7 Å². The fraction of sp³-hybridized carbons (Fsp3) is 0.892. The number of ether oxygens (including phenoxy) is 3. The molecule has 0 spiro atoms. The maximum Gasteiger partial charge on any atom is 0.309 e. The quantitative estimate of drug-likeness (QED) is 0.213. The number of esters is 1. The van der Waals surface area contributed by atoms with Crippen LogP contribution in [-0.4, -0.2) is 87.0 Å². The van der Waals surface area contributed by atoms with Gasteiger partial charge >= 0.3 is 11.9 Å². The summed E-state index contributed by atoms with van der Waals surface area (Å²) >= 11 is 0. The Morgan fingerprint density at radius 1 is 0.979 bits per heavy atom. The van der Waals surface area contributed by atoms with Gasteiger partial charge < -0.3 is 39.7 Å². The number of fused-ring (bicyclic) bond motifs is 7. The lowest BCUT2D eigenvalue weighted by Crippen LogP contribution is -2.67. The number of hydrogen-bond donors (Lipinski definition) is 5. The van der Waals surface area contributed by atoms with E-state index < -0.39 is 65.7 Å². The second-order valence-electron chi connectivity index (χ2n) is 17.6. The summed E-state index contributed by atoms with van der Waals surface area (Å²) in [4.78, 5) is 23.9. The SMILES string of the molecule is CC(=O)O[C@@H]1[C@@H](O)[C@@H](O)[C@H](OC[C@@H]2[C@@H](O)C[C@H](O)[C@]3(C)[C@H]4CC=C5[C@@H]6C[C@](C)(C(=O)O)CC[C@]6(C)CC[C@@]5(C)[C@]4(C)CC[C@@H]23)O[C@H]1C. The average molecular weight is 663 g/mol. The number of aliphatic hydroxyl groups is 4. The third-order valence-corrected chi connectivity index (χ3v) is 15.3. The van der Waals surface area contributed by atoms with Gasteiger partial charge in [-0.2, -0.15) is 0 Å². The van der Waals surface area contributed by atoms with Gasteiger partial charge in [0.25, 0.3) is 0 Å². The highest BCUT2D eigenvalue weighted by Gasteiger charge is 2.69. The summed E-state index contributed by atoms with van der Waals surface area (Å²) in [7, 11) is 0. The van der Waals surface area contributed by atoms with Crippen molar-refractivity contribution in [3.63, 3.8) is 0 Å². The zero-order valence-corrected chi connectivity index (χ0v) is 29.3. The predicted molar refractivity (Wildman–Crippen MR) is 172 cm³/mol. The maximum atomic E-state index is 12.4. The van der Waals surface area contributed by atoms with Crippen LogP contribution >= 0.6 is 0 Å². The van der Waals surface area contributed by atoms with Crippen LogP contribution < -0.4 is 0 Å². The van der Waals surface area contributed by atoms with Gasteiger partial charge in [-0.1, -0.05) is 39.3 Å². The van der Waals surface area contributed by atoms with Crippen LogP contribution in [0.1, 0.15) is 106 Å². The van der Waals surface area contributed by atoms with E-state index in [0.717, 1.165) is 38.5 Å². The number of carboxylic acids is 1. The van der Waals surface area contributed by atoms with Crippen LogP contribution in [0.5, 0.6) is 0 Å². The second kappa shape index (κ2) is 11.8. The van der Waals surface area contributed by atoms with Crippen LogP contribution in [0.15, 0.2) is 11.6 Å². The number of carboxylic acid groups (broad SMARTS) is 1. The van der Waals surface area contributed by atoms with Crippen molar-refractivity contribution in [1.29, 1.82) is 0 Å². The second-order valence-corrected chi connectivity index (χ2v) is 17.6. The van der Waals surface area contributed by atoms with Gasteiger partial charge in [0.1, 0.15) is 12.2 Å². The Hall–Kier alpha value is -1.56. The molecular formula is C37H58O10. The molecule has 0 unspecified atom stereocenters. The first-order valence-corrected chi connectivity index (χ1v) is 17.9. The largest absolute Gasteiger partial charge is 0.481 e. The van der Waals surface area contributed by atoms with Crippen LogP contribution in [0.4, 0.5) is 0 Å². The Labute approximate surface area is 279 Å². The molecule has 10 heteroatoms. The minimum absolute atomic E-state index is 0.0476. The van der Waals surface area contributed by atoms with Crippen LogP contribution in [0.25, 0.3) is 0 Å². The number of hydrogen-bond acceptors (Lipinski definition) is 9. The third-order valence-electron chi connectivity index (χ3n) is 15.3. The number of aliphatic hydroxyl groups excluding tert-OH is 4. The molecule has 5 fully saturated rings. The number of carbonyl (C=O) groups is 2. The normalized spacial score (nSPS) is 54.2. The summed E-state index contributed by atoms with van der Waals surface area (Å²) in [5, 5.41) is 54.9. The lowest BCUT2D eigenvalue weighted by atomic mass is 9.34. The minimum Gasteiger partial charge on any atom is -0.481 e. The molecule has 0 aromatic rings. The first-order valence-electron chi connectivity index (χ1n) is 17.9. The van der Waals surface area contributed by atoms with E-state index in [4.69, 9.17) is 14.2 Å². The zero-order valence-electron chi connectivity index (χ0n) is 29.3. The van der Waals surface area contributed by atoms with Gasteiger partial charge in [0.05, 0.1) is 30.3 Å².